The Balaban J connectivity index is 1.13. The second-order valence-electron chi connectivity index (χ2n) is 13.9. The molecule has 3 heterocycles. The Morgan fingerprint density at radius 3 is 2.02 bits per heavy atom. The molecule has 1 atom stereocenters. The highest BCUT2D eigenvalue weighted by Gasteiger charge is 2.51. The molecule has 4 heteroatoms. The molecule has 3 aliphatic rings. The van der Waals surface area contributed by atoms with Gasteiger partial charge in [0.15, 0.2) is 0 Å². The number of benzene rings is 7. The Bertz CT molecular complexity index is 2760. The Morgan fingerprint density at radius 1 is 0.558 bits per heavy atom. The number of aliphatic imine (C=N–C) groups is 1. The Labute approximate surface area is 306 Å². The van der Waals surface area contributed by atoms with Gasteiger partial charge in [-0.2, -0.15) is 0 Å². The lowest BCUT2D eigenvalue weighted by Crippen LogP contribution is -2.34. The molecule has 0 radical (unpaired) electrons. The highest BCUT2D eigenvalue weighted by molar-refractivity contribution is 7.25. The Morgan fingerprint density at radius 2 is 1.21 bits per heavy atom. The number of rotatable bonds is 3. The predicted molar refractivity (Wildman–Crippen MR) is 215 cm³/mol. The molecule has 3 nitrogen and oxygen atoms in total. The van der Waals surface area contributed by atoms with Gasteiger partial charge in [0.1, 0.15) is 17.3 Å². The van der Waals surface area contributed by atoms with Crippen molar-refractivity contribution in [2.45, 2.75) is 11.5 Å². The molecule has 0 bridgehead atoms. The summed E-state index contributed by atoms with van der Waals surface area (Å²) in [5, 5.41) is 2.62. The van der Waals surface area contributed by atoms with Crippen LogP contribution in [0, 0.1) is 0 Å². The van der Waals surface area contributed by atoms with E-state index in [9.17, 15) is 0 Å². The fourth-order valence-corrected chi connectivity index (χ4v) is 10.1. The van der Waals surface area contributed by atoms with Crippen molar-refractivity contribution in [2.75, 3.05) is 7.05 Å². The van der Waals surface area contributed by atoms with Crippen molar-refractivity contribution in [3.63, 3.8) is 0 Å². The zero-order valence-corrected chi connectivity index (χ0v) is 29.3. The maximum absolute atomic E-state index is 6.74. The lowest BCUT2D eigenvalue weighted by atomic mass is 9.66. The van der Waals surface area contributed by atoms with E-state index < -0.39 is 5.41 Å². The third-order valence-corrected chi connectivity index (χ3v) is 12.3. The number of likely N-dealkylation sites (N-methyl/N-ethyl adjacent to an activating group) is 1. The van der Waals surface area contributed by atoms with Crippen LogP contribution in [0.1, 0.15) is 45.0 Å². The minimum absolute atomic E-state index is 0.0211. The van der Waals surface area contributed by atoms with Crippen LogP contribution in [0.3, 0.4) is 0 Å². The van der Waals surface area contributed by atoms with E-state index in [1.54, 1.807) is 0 Å². The fourth-order valence-electron chi connectivity index (χ4n) is 8.90. The van der Waals surface area contributed by atoms with Crippen molar-refractivity contribution in [2.24, 2.45) is 4.99 Å². The fraction of sp³-hybridized carbons (Fsp3) is 0.0625. The van der Waals surface area contributed by atoms with Gasteiger partial charge < -0.3 is 9.64 Å². The van der Waals surface area contributed by atoms with Gasteiger partial charge in [0.05, 0.1) is 17.2 Å². The Kier molecular flexibility index (Phi) is 6.32. The van der Waals surface area contributed by atoms with Gasteiger partial charge in [0.2, 0.25) is 0 Å². The molecular formula is C48H32N2OS. The molecule has 0 N–H and O–H groups in total. The summed E-state index contributed by atoms with van der Waals surface area (Å²) in [6.45, 7) is 0. The van der Waals surface area contributed by atoms with Gasteiger partial charge in [-0.05, 0) is 70.3 Å². The molecule has 0 saturated carbocycles. The molecule has 246 valence electrons. The van der Waals surface area contributed by atoms with Gasteiger partial charge in [0, 0.05) is 49.5 Å². The molecular weight excluding hydrogens is 653 g/mol. The quantitative estimate of drug-likeness (QED) is 0.185. The molecule has 0 amide bonds. The lowest BCUT2D eigenvalue weighted by Gasteiger charge is -2.39. The number of fused-ring (bicyclic) bond motifs is 12. The smallest absolute Gasteiger partial charge is 0.137 e. The zero-order chi connectivity index (χ0) is 34.4. The first-order valence-electron chi connectivity index (χ1n) is 17.8. The number of nitrogens with zero attached hydrogens (tertiary/aromatic N) is 2. The normalized spacial score (nSPS) is 16.5. The number of hydrogen-bond acceptors (Lipinski definition) is 4. The van der Waals surface area contributed by atoms with Crippen LogP contribution in [0.4, 0.5) is 0 Å². The summed E-state index contributed by atoms with van der Waals surface area (Å²) in [6.07, 6.45) is 2.34. The first-order chi connectivity index (χ1) is 25.7. The van der Waals surface area contributed by atoms with Crippen molar-refractivity contribution < 1.29 is 4.74 Å². The van der Waals surface area contributed by atoms with Crippen molar-refractivity contribution in [3.05, 3.63) is 209 Å². The summed E-state index contributed by atoms with van der Waals surface area (Å²) >= 11 is 1.86. The standard InChI is InChI=1S/C48H32N2OS/c1-50-42(32-23-25-36-35-17-7-12-22-45(35)52-46(36)28-32)29-41(49-47(50)30-13-3-2-4-14-30)31-24-26-44-40(27-31)48(39-20-10-11-21-43(39)51-44)37-18-8-5-15-33(37)34-16-6-9-19-38(34)48/h2-29,42H,1H3. The lowest BCUT2D eigenvalue weighted by molar-refractivity contribution is 0.434. The highest BCUT2D eigenvalue weighted by atomic mass is 32.1. The van der Waals surface area contributed by atoms with Gasteiger partial charge in [0.25, 0.3) is 0 Å². The summed E-state index contributed by atoms with van der Waals surface area (Å²) in [5.74, 6) is 2.72. The molecule has 1 aromatic heterocycles. The molecule has 52 heavy (non-hydrogen) atoms. The summed E-state index contributed by atoms with van der Waals surface area (Å²) in [4.78, 5) is 7.75. The van der Waals surface area contributed by atoms with E-state index in [0.717, 1.165) is 45.3 Å². The van der Waals surface area contributed by atoms with Gasteiger partial charge in [-0.15, -0.1) is 11.3 Å². The van der Waals surface area contributed by atoms with Crippen molar-refractivity contribution in [3.8, 4) is 22.6 Å². The van der Waals surface area contributed by atoms with Gasteiger partial charge >= 0.3 is 0 Å². The van der Waals surface area contributed by atoms with E-state index in [1.165, 1.54) is 48.0 Å². The van der Waals surface area contributed by atoms with Crippen LogP contribution in [0.15, 0.2) is 175 Å². The third kappa shape index (κ3) is 4.10. The monoisotopic (exact) mass is 684 g/mol. The maximum Gasteiger partial charge on any atom is 0.137 e. The van der Waals surface area contributed by atoms with Crippen molar-refractivity contribution in [1.82, 2.24) is 4.90 Å². The summed E-state index contributed by atoms with van der Waals surface area (Å²) in [7, 11) is 2.16. The van der Waals surface area contributed by atoms with Crippen LogP contribution in [0.2, 0.25) is 0 Å². The second kappa shape index (κ2) is 11.1. The summed E-state index contributed by atoms with van der Waals surface area (Å²) in [6, 6.07) is 59.2. The van der Waals surface area contributed by atoms with E-state index in [-0.39, 0.29) is 6.04 Å². The first kappa shape index (κ1) is 29.5. The van der Waals surface area contributed by atoms with E-state index in [1.807, 2.05) is 11.3 Å². The second-order valence-corrected chi connectivity index (χ2v) is 15.0. The van der Waals surface area contributed by atoms with Crippen LogP contribution in [0.5, 0.6) is 11.5 Å². The predicted octanol–water partition coefficient (Wildman–Crippen LogP) is 12.0. The minimum Gasteiger partial charge on any atom is -0.457 e. The van der Waals surface area contributed by atoms with Crippen molar-refractivity contribution >= 4 is 43.0 Å². The first-order valence-corrected chi connectivity index (χ1v) is 18.6. The van der Waals surface area contributed by atoms with Gasteiger partial charge in [-0.25, -0.2) is 4.99 Å². The van der Waals surface area contributed by atoms with Crippen LogP contribution in [-0.4, -0.2) is 17.8 Å². The summed E-state index contributed by atoms with van der Waals surface area (Å²) in [5.41, 5.74) is 11.2. The molecule has 7 aromatic carbocycles. The molecule has 11 rings (SSSR count). The minimum atomic E-state index is -0.531. The average molecular weight is 685 g/mol. The Hall–Kier alpha value is -6.23. The SMILES string of the molecule is CN1C(c2ccccc2)=NC(c2ccc3c(c2)C2(c4ccccc4O3)c3ccccc3-c3ccccc32)=CC1c1ccc2c(c1)sc1ccccc12. The maximum atomic E-state index is 6.74. The van der Waals surface area contributed by atoms with Gasteiger partial charge in [-0.3, -0.25) is 0 Å². The molecule has 0 saturated heterocycles. The van der Waals surface area contributed by atoms with Crippen LogP contribution < -0.4 is 4.74 Å². The number of para-hydroxylation sites is 1. The van der Waals surface area contributed by atoms with E-state index >= 15 is 0 Å². The van der Waals surface area contributed by atoms with E-state index in [0.29, 0.717) is 0 Å². The molecule has 0 fully saturated rings. The van der Waals surface area contributed by atoms with Crippen LogP contribution >= 0.6 is 11.3 Å². The topological polar surface area (TPSA) is 24.8 Å². The van der Waals surface area contributed by atoms with E-state index in [2.05, 4.69) is 182 Å². The zero-order valence-electron chi connectivity index (χ0n) is 28.5. The molecule has 2 aliphatic heterocycles. The molecule has 8 aromatic rings. The molecule has 1 unspecified atom stereocenters. The summed E-state index contributed by atoms with van der Waals surface area (Å²) < 4.78 is 9.36. The molecule has 1 spiro atoms. The van der Waals surface area contributed by atoms with Gasteiger partial charge in [-0.1, -0.05) is 127 Å². The van der Waals surface area contributed by atoms with Crippen molar-refractivity contribution in [1.29, 1.82) is 0 Å². The van der Waals surface area contributed by atoms with Crippen LogP contribution in [-0.2, 0) is 5.41 Å². The highest BCUT2D eigenvalue weighted by Crippen LogP contribution is 2.62. The third-order valence-electron chi connectivity index (χ3n) is 11.2. The van der Waals surface area contributed by atoms with Crippen LogP contribution in [0.25, 0.3) is 37.0 Å². The van der Waals surface area contributed by atoms with E-state index in [4.69, 9.17) is 9.73 Å². The number of ether oxygens (including phenoxy) is 1. The number of hydrogen-bond donors (Lipinski definition) is 0. The number of thiophene rings is 1. The number of amidine groups is 1. The largest absolute Gasteiger partial charge is 0.457 e. The molecule has 1 aliphatic carbocycles. The average Bonchev–Trinajstić information content (AvgIpc) is 3.72.